The van der Waals surface area contributed by atoms with Crippen molar-refractivity contribution in [3.63, 3.8) is 0 Å². The molecule has 764 valence electrons. The Morgan fingerprint density at radius 1 is 0.233 bits per heavy atom. The third-order valence-electron chi connectivity index (χ3n) is 20.4. The molecule has 0 aliphatic rings. The smallest absolute Gasteiger partial charge is 0.292 e. The molecule has 44 nitrogen and oxygen atoms in total. The van der Waals surface area contributed by atoms with Crippen molar-refractivity contribution in [1.82, 2.24) is 63.8 Å². The fraction of sp³-hybridized carbons (Fsp3) is 0.160. The van der Waals surface area contributed by atoms with Gasteiger partial charge in [-0.2, -0.15) is 0 Å². The lowest BCUT2D eigenvalue weighted by Gasteiger charge is -2.10. The highest BCUT2D eigenvalue weighted by Crippen LogP contribution is 2.28. The maximum atomic E-state index is 12.1. The summed E-state index contributed by atoms with van der Waals surface area (Å²) in [6.07, 6.45) is 0. The number of nitrogens with one attached hydrogen (secondary N) is 12. The number of halogens is 2. The summed E-state index contributed by atoms with van der Waals surface area (Å²) in [5.74, 6) is -2.66. The van der Waals surface area contributed by atoms with E-state index in [1.807, 2.05) is 13.8 Å². The van der Waals surface area contributed by atoms with Gasteiger partial charge in [0.2, 0.25) is 0 Å². The van der Waals surface area contributed by atoms with E-state index in [-0.39, 0.29) is 132 Å². The van der Waals surface area contributed by atoms with Crippen LogP contribution >= 0.6 is 23.2 Å². The molecule has 12 rings (SSSR count). The minimum atomic E-state index is -0.696. The summed E-state index contributed by atoms with van der Waals surface area (Å²) in [7, 11) is 3.01. The van der Waals surface area contributed by atoms with Crippen molar-refractivity contribution in [2.75, 3.05) is 162 Å². The van der Waals surface area contributed by atoms with Crippen LogP contribution in [0.2, 0.25) is 10.0 Å². The number of nitro groups is 2. The van der Waals surface area contributed by atoms with E-state index in [1.165, 1.54) is 62.8 Å². The maximum Gasteiger partial charge on any atom is 0.292 e. The number of methoxy groups -OCH3 is 2. The van der Waals surface area contributed by atoms with Crippen LogP contribution in [-0.2, 0) is 0 Å². The fourth-order valence-corrected chi connectivity index (χ4v) is 12.6. The van der Waals surface area contributed by atoms with E-state index in [9.17, 15) is 77.8 Å². The molecule has 0 atom stereocenters. The van der Waals surface area contributed by atoms with Crippen molar-refractivity contribution in [2.24, 2.45) is 0 Å². The molecule has 0 unspecified atom stereocenters. The summed E-state index contributed by atoms with van der Waals surface area (Å²) in [6, 6.07) is 63.0. The Labute approximate surface area is 847 Å². The van der Waals surface area contributed by atoms with Crippen LogP contribution in [0.15, 0.2) is 243 Å². The summed E-state index contributed by atoms with van der Waals surface area (Å²) < 4.78 is 10.1. The number of amides is 12. The van der Waals surface area contributed by atoms with Gasteiger partial charge in [-0.05, 0) is 231 Å². The highest BCUT2D eigenvalue weighted by atomic mass is 35.5. The molecule has 146 heavy (non-hydrogen) atoms. The SMILES string of the molecule is COc1ccc(C(=O)NCCNC(=O)c2ccc(OC)c(N)c2)cc1N.Cc1ccc(C(=O)NCCNC(=O)c2ccc(C)c(N)c2)cc1N.Nc1cc(C(=O)NCCNC(=O)c2ccc(Cl)c(N)c2)ccc1Cl.Nc1ccc(C(=O)NCCNC(=O)c2ccc(N)c([N+](=O)[O-])c2)cc1[N+](=O)[O-].Nc1ccc(C(=O)NCCNC(=O)c2ccc(N)cc2)cc1.Nc1cccc(C(=O)NCCNC(=O)c2cccc(N)c2)c1. The summed E-state index contributed by atoms with van der Waals surface area (Å²) >= 11 is 11.6. The number of hydrogen-bond acceptors (Lipinski definition) is 30. The first-order chi connectivity index (χ1) is 69.5. The highest BCUT2D eigenvalue weighted by Gasteiger charge is 2.21. The van der Waals surface area contributed by atoms with Crippen LogP contribution in [0.1, 0.15) is 135 Å². The molecule has 0 spiro atoms. The van der Waals surface area contributed by atoms with E-state index < -0.39 is 21.7 Å². The van der Waals surface area contributed by atoms with Gasteiger partial charge in [0, 0.05) is 192 Å². The van der Waals surface area contributed by atoms with Gasteiger partial charge in [0.05, 0.1) is 56.9 Å². The molecule has 12 amide bonds. The number of anilines is 12. The molecule has 12 aromatic carbocycles. The van der Waals surface area contributed by atoms with Gasteiger partial charge < -0.3 is 142 Å². The molecule has 0 saturated carbocycles. The second kappa shape index (κ2) is 57.4. The minimum Gasteiger partial charge on any atom is -0.495 e. The Balaban J connectivity index is 0.000000238. The van der Waals surface area contributed by atoms with Crippen molar-refractivity contribution in [1.29, 1.82) is 0 Å². The van der Waals surface area contributed by atoms with E-state index in [1.54, 1.807) is 182 Å². The lowest BCUT2D eigenvalue weighted by atomic mass is 10.1. The standard InChI is InChI=1S/C18H22N4O4.C18H22N4O2.C16H16Cl2N4O2.C16H16N6O6.2C16H18N4O2/c1-25-15-5-3-11(9-13(15)19)17(23)21-7-8-22-18(24)12-4-6-16(26-2)14(20)10-12;1-11-3-5-13(9-15(11)19)17(23)21-7-8-22-18(24)14-6-4-12(2)16(20)10-14;17-11-3-1-9(7-13(11)19)15(23)21-5-6-22-16(24)10-2-4-12(18)14(20)8-10;17-11-3-1-9(7-13(11)21(25)26)15(23)19-5-6-20-16(24)10-2-4-12(18)14(8-10)22(27)28;17-13-5-1-11(2-6-13)15(21)19-9-10-20-16(22)12-3-7-14(18)8-4-12;17-13-5-1-3-11(9-13)15(21)19-7-8-20-16(22)12-4-2-6-14(18)10-12/h3-6,9-10H,7-8,19-20H2,1-2H3,(H,21,23)(H,22,24);3-6,9-10H,7-8,19-20H2,1-2H3,(H,21,23)(H,22,24);1-4,7-8H,5-6,19-20H2,(H,21,23)(H,22,24);1-4,7-8H,5-6,17-18H2,(H,19,23)(H,20,24);1-8H,9-10,17-18H2,(H,19,21)(H,20,22);1-6,9-10H,7-8,17-18H2,(H,19,21)(H,20,22). The first-order valence-electron chi connectivity index (χ1n) is 44.1. The molecular weight excluding hydrogens is 1920 g/mol. The summed E-state index contributed by atoms with van der Waals surface area (Å²) in [5.41, 5.74) is 78.3. The summed E-state index contributed by atoms with van der Waals surface area (Å²) in [4.78, 5) is 164. The highest BCUT2D eigenvalue weighted by molar-refractivity contribution is 6.33. The second-order valence-corrected chi connectivity index (χ2v) is 32.0. The second-order valence-electron chi connectivity index (χ2n) is 31.2. The predicted octanol–water partition coefficient (Wildman–Crippen LogP) is 7.82. The van der Waals surface area contributed by atoms with Gasteiger partial charge in [-0.3, -0.25) is 77.8 Å². The van der Waals surface area contributed by atoms with Gasteiger partial charge in [-0.15, -0.1) is 0 Å². The monoisotopic (exact) mass is 2030 g/mol. The van der Waals surface area contributed by atoms with Crippen LogP contribution in [0, 0.1) is 34.1 Å². The number of hydrogen-bond donors (Lipinski definition) is 24. The van der Waals surface area contributed by atoms with Gasteiger partial charge >= 0.3 is 0 Å². The topological polar surface area (TPSA) is 766 Å². The van der Waals surface area contributed by atoms with Gasteiger partial charge in [0.1, 0.15) is 22.9 Å². The zero-order chi connectivity index (χ0) is 107. The number of nitrogen functional groups attached to an aromatic ring is 12. The zero-order valence-electron chi connectivity index (χ0n) is 79.5. The van der Waals surface area contributed by atoms with E-state index in [4.69, 9.17) is 101 Å². The Morgan fingerprint density at radius 3 is 0.651 bits per heavy atom. The summed E-state index contributed by atoms with van der Waals surface area (Å²) in [5, 5.41) is 54.5. The third-order valence-corrected chi connectivity index (χ3v) is 21.1. The van der Waals surface area contributed by atoms with Gasteiger partial charge in [-0.25, -0.2) is 0 Å². The van der Waals surface area contributed by atoms with Crippen LogP contribution in [-0.4, -0.2) is 173 Å². The van der Waals surface area contributed by atoms with E-state index in [0.717, 1.165) is 23.3 Å². The predicted molar refractivity (Wildman–Crippen MR) is 564 cm³/mol. The molecule has 0 radical (unpaired) electrons. The molecule has 0 aromatic heterocycles. The molecule has 46 heteroatoms. The molecule has 36 N–H and O–H groups in total. The number of nitrogens with zero attached hydrogens (tertiary/aromatic N) is 2. The number of ether oxygens (including phenoxy) is 2. The van der Waals surface area contributed by atoms with E-state index in [2.05, 4.69) is 63.8 Å². The lowest BCUT2D eigenvalue weighted by molar-refractivity contribution is -0.384. The van der Waals surface area contributed by atoms with Crippen molar-refractivity contribution >= 4 is 174 Å². The zero-order valence-corrected chi connectivity index (χ0v) is 81.0. The molecule has 0 heterocycles. The van der Waals surface area contributed by atoms with E-state index in [0.29, 0.717) is 173 Å². The molecule has 12 aromatic rings. The first kappa shape index (κ1) is 114. The molecule has 0 saturated heterocycles. The lowest BCUT2D eigenvalue weighted by Crippen LogP contribution is -2.34. The van der Waals surface area contributed by atoms with Crippen LogP contribution < -0.4 is 142 Å². The number of aryl methyl sites for hydroxylation is 2. The molecule has 0 aliphatic carbocycles. The molecule has 0 aliphatic heterocycles. The Bertz CT molecular complexity index is 6180. The van der Waals surface area contributed by atoms with Gasteiger partial charge in [-0.1, -0.05) is 47.5 Å². The largest absolute Gasteiger partial charge is 0.495 e. The van der Waals surface area contributed by atoms with Crippen LogP contribution in [0.25, 0.3) is 0 Å². The number of carbonyl (C=O) groups excluding carboxylic acids is 12. The van der Waals surface area contributed by atoms with Crippen molar-refractivity contribution in [2.45, 2.75) is 13.8 Å². The average Bonchev–Trinajstić information content (AvgIpc) is 0.842. The van der Waals surface area contributed by atoms with Gasteiger partial charge in [0.15, 0.2) is 0 Å². The van der Waals surface area contributed by atoms with Crippen molar-refractivity contribution in [3.8, 4) is 11.5 Å². The van der Waals surface area contributed by atoms with Crippen LogP contribution in [0.5, 0.6) is 11.5 Å². The van der Waals surface area contributed by atoms with Crippen molar-refractivity contribution < 1.29 is 76.9 Å². The first-order valence-corrected chi connectivity index (χ1v) is 44.9. The van der Waals surface area contributed by atoms with Crippen LogP contribution in [0.3, 0.4) is 0 Å². The fourth-order valence-electron chi connectivity index (χ4n) is 12.3. The number of nitrogens with two attached hydrogens (primary N) is 12. The summed E-state index contributed by atoms with van der Waals surface area (Å²) in [6.45, 7) is 6.82. The third kappa shape index (κ3) is 37.2. The van der Waals surface area contributed by atoms with E-state index >= 15 is 0 Å². The van der Waals surface area contributed by atoms with Gasteiger partial charge in [0.25, 0.3) is 82.3 Å². The van der Waals surface area contributed by atoms with Crippen LogP contribution in [0.4, 0.5) is 79.6 Å². The number of carbonyl (C=O) groups is 12. The number of nitro benzene ring substituents is 2. The average molecular weight is 2040 g/mol. The Kier molecular flexibility index (Phi) is 44.8. The van der Waals surface area contributed by atoms with Crippen molar-refractivity contribution in [3.05, 3.63) is 351 Å². The number of benzene rings is 12. The minimum absolute atomic E-state index is 0.0276. The normalized spacial score (nSPS) is 10.1. The molecule has 0 fully saturated rings. The molecule has 0 bridgehead atoms. The Hall–Kier alpha value is -19.1. The maximum absolute atomic E-state index is 12.1. The Morgan fingerprint density at radius 2 is 0.432 bits per heavy atom. The molecular formula is C100H112Cl2N26O18. The quantitative estimate of drug-likeness (QED) is 0.00790. The number of rotatable bonds is 34.